The van der Waals surface area contributed by atoms with Crippen molar-refractivity contribution in [3.05, 3.63) is 59.7 Å². The summed E-state index contributed by atoms with van der Waals surface area (Å²) in [5, 5.41) is 2.89. The van der Waals surface area contributed by atoms with Crippen molar-refractivity contribution in [3.8, 4) is 11.5 Å². The molecule has 0 spiro atoms. The van der Waals surface area contributed by atoms with Gasteiger partial charge in [-0.1, -0.05) is 25.1 Å². The van der Waals surface area contributed by atoms with Crippen LogP contribution in [0.2, 0.25) is 0 Å². The molecule has 0 aliphatic rings. The topological polar surface area (TPSA) is 50.8 Å². The fraction of sp³-hybridized carbons (Fsp3) is 0.318. The summed E-state index contributed by atoms with van der Waals surface area (Å²) >= 11 is 0. The summed E-state index contributed by atoms with van der Waals surface area (Å²) in [5.41, 5.74) is 3.06. The number of hydrogen-bond acceptors (Lipinski definition) is 4. The van der Waals surface area contributed by atoms with Crippen molar-refractivity contribution in [1.82, 2.24) is 5.32 Å². The molecule has 0 bridgehead atoms. The van der Waals surface area contributed by atoms with E-state index in [4.69, 9.17) is 9.47 Å². The van der Waals surface area contributed by atoms with Gasteiger partial charge in [0.05, 0.1) is 13.7 Å². The van der Waals surface area contributed by atoms with Crippen LogP contribution in [0, 0.1) is 0 Å². The van der Waals surface area contributed by atoms with Crippen molar-refractivity contribution in [3.63, 3.8) is 0 Å². The number of nitrogens with one attached hydrogen (secondary N) is 1. The van der Waals surface area contributed by atoms with Gasteiger partial charge >= 0.3 is 0 Å². The number of benzene rings is 2. The van der Waals surface area contributed by atoms with Gasteiger partial charge in [0.25, 0.3) is 0 Å². The number of hydrogen-bond donors (Lipinski definition) is 1. The maximum absolute atomic E-state index is 12.1. The first kappa shape index (κ1) is 20.4. The smallest absolute Gasteiger partial charge is 0.244 e. The van der Waals surface area contributed by atoms with E-state index in [-0.39, 0.29) is 5.91 Å². The van der Waals surface area contributed by atoms with Crippen molar-refractivity contribution < 1.29 is 14.3 Å². The van der Waals surface area contributed by atoms with Crippen LogP contribution in [-0.2, 0) is 11.3 Å². The number of rotatable bonds is 9. The molecule has 2 rings (SSSR count). The Morgan fingerprint density at radius 1 is 1.11 bits per heavy atom. The Kier molecular flexibility index (Phi) is 7.74. The largest absolute Gasteiger partial charge is 0.493 e. The number of carbonyl (C=O) groups excluding carboxylic acids is 1. The molecule has 5 heteroatoms. The lowest BCUT2D eigenvalue weighted by Gasteiger charge is -2.12. The Balaban J connectivity index is 1.91. The first-order chi connectivity index (χ1) is 13.0. The van der Waals surface area contributed by atoms with E-state index in [1.807, 2.05) is 61.5 Å². The molecule has 1 amide bonds. The lowest BCUT2D eigenvalue weighted by molar-refractivity contribution is -0.116. The highest BCUT2D eigenvalue weighted by molar-refractivity contribution is 5.91. The van der Waals surface area contributed by atoms with Crippen LogP contribution >= 0.6 is 0 Å². The highest BCUT2D eigenvalue weighted by Gasteiger charge is 2.05. The molecule has 2 aromatic carbocycles. The molecule has 0 atom stereocenters. The fourth-order valence-electron chi connectivity index (χ4n) is 2.45. The molecular formula is C22H28N2O3. The normalized spacial score (nSPS) is 10.7. The lowest BCUT2D eigenvalue weighted by Crippen LogP contribution is -2.20. The fourth-order valence-corrected chi connectivity index (χ4v) is 2.45. The van der Waals surface area contributed by atoms with E-state index >= 15 is 0 Å². The first-order valence-corrected chi connectivity index (χ1v) is 9.06. The Morgan fingerprint density at radius 2 is 1.85 bits per heavy atom. The molecule has 0 radical (unpaired) electrons. The van der Waals surface area contributed by atoms with Gasteiger partial charge in [-0.3, -0.25) is 4.79 Å². The van der Waals surface area contributed by atoms with Crippen LogP contribution in [0.3, 0.4) is 0 Å². The molecule has 0 saturated heterocycles. The summed E-state index contributed by atoms with van der Waals surface area (Å²) in [6, 6.07) is 13.7. The predicted octanol–water partition coefficient (Wildman–Crippen LogP) is 3.88. The zero-order chi connectivity index (χ0) is 19.6. The van der Waals surface area contributed by atoms with Crippen molar-refractivity contribution in [2.75, 3.05) is 32.7 Å². The van der Waals surface area contributed by atoms with Crippen LogP contribution < -0.4 is 19.7 Å². The Bertz CT molecular complexity index is 768. The van der Waals surface area contributed by atoms with E-state index in [2.05, 4.69) is 12.2 Å². The van der Waals surface area contributed by atoms with Gasteiger partial charge in [-0.15, -0.1) is 0 Å². The van der Waals surface area contributed by atoms with Gasteiger partial charge in [-0.2, -0.15) is 0 Å². The number of ether oxygens (including phenoxy) is 2. The molecule has 2 aromatic rings. The summed E-state index contributed by atoms with van der Waals surface area (Å²) in [7, 11) is 5.61. The number of anilines is 1. The summed E-state index contributed by atoms with van der Waals surface area (Å²) in [4.78, 5) is 14.1. The third kappa shape index (κ3) is 6.37. The second-order valence-corrected chi connectivity index (χ2v) is 6.37. The minimum absolute atomic E-state index is 0.142. The summed E-state index contributed by atoms with van der Waals surface area (Å²) in [6.07, 6.45) is 4.22. The molecule has 144 valence electrons. The van der Waals surface area contributed by atoms with Gasteiger partial charge < -0.3 is 19.7 Å². The summed E-state index contributed by atoms with van der Waals surface area (Å²) < 4.78 is 11.0. The van der Waals surface area contributed by atoms with Gasteiger partial charge in [0.1, 0.15) is 0 Å². The summed E-state index contributed by atoms with van der Waals surface area (Å²) in [5.74, 6) is 1.23. The summed E-state index contributed by atoms with van der Waals surface area (Å²) in [6.45, 7) is 3.19. The van der Waals surface area contributed by atoms with E-state index in [0.717, 1.165) is 23.2 Å². The highest BCUT2D eigenvalue weighted by Crippen LogP contribution is 2.28. The first-order valence-electron chi connectivity index (χ1n) is 9.06. The van der Waals surface area contributed by atoms with Gasteiger partial charge in [0.15, 0.2) is 11.5 Å². The SMILES string of the molecule is CCCOc1ccc(/C=C/C(=O)NCc2ccc(N(C)C)cc2)cc1OC. The molecule has 27 heavy (non-hydrogen) atoms. The van der Waals surface area contributed by atoms with E-state index in [1.54, 1.807) is 13.2 Å². The quantitative estimate of drug-likeness (QED) is 0.683. The molecule has 0 heterocycles. The van der Waals surface area contributed by atoms with E-state index in [1.165, 1.54) is 6.08 Å². The van der Waals surface area contributed by atoms with E-state index in [9.17, 15) is 4.79 Å². The average Bonchev–Trinajstić information content (AvgIpc) is 2.69. The Hall–Kier alpha value is -2.95. The zero-order valence-electron chi connectivity index (χ0n) is 16.5. The molecular weight excluding hydrogens is 340 g/mol. The third-order valence-electron chi connectivity index (χ3n) is 4.00. The standard InChI is InChI=1S/C22H28N2O3/c1-5-14-27-20-12-8-17(15-21(20)26-4)9-13-22(25)23-16-18-6-10-19(11-7-18)24(2)3/h6-13,15H,5,14,16H2,1-4H3,(H,23,25)/b13-9+. The maximum Gasteiger partial charge on any atom is 0.244 e. The maximum atomic E-state index is 12.1. The number of methoxy groups -OCH3 is 1. The molecule has 1 N–H and O–H groups in total. The molecule has 0 aliphatic heterocycles. The Morgan fingerprint density at radius 3 is 2.48 bits per heavy atom. The van der Waals surface area contributed by atoms with E-state index < -0.39 is 0 Å². The number of nitrogens with zero attached hydrogens (tertiary/aromatic N) is 1. The van der Waals surface area contributed by atoms with Crippen LogP contribution in [-0.4, -0.2) is 33.7 Å². The van der Waals surface area contributed by atoms with Crippen molar-refractivity contribution >= 4 is 17.7 Å². The predicted molar refractivity (Wildman–Crippen MR) is 110 cm³/mol. The molecule has 0 saturated carbocycles. The van der Waals surface area contributed by atoms with Crippen LogP contribution in [0.4, 0.5) is 5.69 Å². The van der Waals surface area contributed by atoms with Crippen LogP contribution in [0.15, 0.2) is 48.5 Å². The lowest BCUT2D eigenvalue weighted by atomic mass is 10.1. The van der Waals surface area contributed by atoms with Crippen LogP contribution in [0.1, 0.15) is 24.5 Å². The second-order valence-electron chi connectivity index (χ2n) is 6.37. The van der Waals surface area contributed by atoms with Gasteiger partial charge in [0, 0.05) is 32.4 Å². The van der Waals surface area contributed by atoms with Crippen LogP contribution in [0.5, 0.6) is 11.5 Å². The Labute approximate surface area is 161 Å². The van der Waals surface area contributed by atoms with Crippen LogP contribution in [0.25, 0.3) is 6.08 Å². The second kappa shape index (κ2) is 10.3. The van der Waals surface area contributed by atoms with Crippen molar-refractivity contribution in [2.45, 2.75) is 19.9 Å². The third-order valence-corrected chi connectivity index (χ3v) is 4.00. The zero-order valence-corrected chi connectivity index (χ0v) is 16.5. The van der Waals surface area contributed by atoms with E-state index in [0.29, 0.717) is 24.7 Å². The minimum Gasteiger partial charge on any atom is -0.493 e. The molecule has 5 nitrogen and oxygen atoms in total. The number of amides is 1. The molecule has 0 aromatic heterocycles. The minimum atomic E-state index is -0.142. The number of carbonyl (C=O) groups is 1. The molecule has 0 fully saturated rings. The van der Waals surface area contributed by atoms with Gasteiger partial charge in [-0.25, -0.2) is 0 Å². The average molecular weight is 368 g/mol. The van der Waals surface area contributed by atoms with Crippen molar-refractivity contribution in [1.29, 1.82) is 0 Å². The van der Waals surface area contributed by atoms with Crippen molar-refractivity contribution in [2.24, 2.45) is 0 Å². The molecule has 0 unspecified atom stereocenters. The highest BCUT2D eigenvalue weighted by atomic mass is 16.5. The van der Waals surface area contributed by atoms with Gasteiger partial charge in [0.2, 0.25) is 5.91 Å². The van der Waals surface area contributed by atoms with Gasteiger partial charge in [-0.05, 0) is 47.9 Å². The monoisotopic (exact) mass is 368 g/mol. The molecule has 0 aliphatic carbocycles.